The molecule has 82 valence electrons. The number of hydrogen-bond acceptors (Lipinski definition) is 4. The Hall–Kier alpha value is -1.75. The molecule has 1 aromatic carbocycles. The zero-order valence-corrected chi connectivity index (χ0v) is 9.45. The van der Waals surface area contributed by atoms with Crippen molar-refractivity contribution in [2.75, 3.05) is 12.8 Å². The highest BCUT2D eigenvalue weighted by atomic mass is 32.2. The fraction of sp³-hybridized carbons (Fsp3) is 0.0909. The molecule has 2 N–H and O–H groups in total. The Bertz CT molecular complexity index is 479. The lowest BCUT2D eigenvalue weighted by Crippen LogP contribution is -2.22. The SMILES string of the molecule is CN1C(=O)S/C(=C/c2ccc(N)cc2)C1=O. The van der Waals surface area contributed by atoms with Crippen LogP contribution in [-0.2, 0) is 4.79 Å². The highest BCUT2D eigenvalue weighted by Gasteiger charge is 2.31. The van der Waals surface area contributed by atoms with Gasteiger partial charge in [0.2, 0.25) is 0 Å². The summed E-state index contributed by atoms with van der Waals surface area (Å²) in [4.78, 5) is 24.4. The minimum atomic E-state index is -0.258. The molecule has 1 aliphatic rings. The first-order valence-electron chi connectivity index (χ1n) is 4.65. The Morgan fingerprint density at radius 1 is 1.25 bits per heavy atom. The van der Waals surface area contributed by atoms with Gasteiger partial charge in [0.05, 0.1) is 4.91 Å². The average molecular weight is 234 g/mol. The molecule has 0 unspecified atom stereocenters. The molecule has 0 radical (unpaired) electrons. The van der Waals surface area contributed by atoms with E-state index in [9.17, 15) is 9.59 Å². The van der Waals surface area contributed by atoms with Crippen molar-refractivity contribution in [3.63, 3.8) is 0 Å². The maximum absolute atomic E-state index is 11.6. The van der Waals surface area contributed by atoms with E-state index in [1.54, 1.807) is 30.3 Å². The van der Waals surface area contributed by atoms with Crippen LogP contribution in [0, 0.1) is 0 Å². The average Bonchev–Trinajstić information content (AvgIpc) is 2.50. The third-order valence-corrected chi connectivity index (χ3v) is 3.18. The van der Waals surface area contributed by atoms with Crippen LogP contribution in [0.4, 0.5) is 10.5 Å². The van der Waals surface area contributed by atoms with Crippen molar-refractivity contribution >= 4 is 34.7 Å². The van der Waals surface area contributed by atoms with Gasteiger partial charge in [-0.3, -0.25) is 14.5 Å². The Labute approximate surface area is 97.1 Å². The number of thioether (sulfide) groups is 1. The van der Waals surface area contributed by atoms with Gasteiger partial charge in [-0.1, -0.05) is 12.1 Å². The molecule has 1 aromatic rings. The number of nitrogens with two attached hydrogens (primary N) is 1. The Balaban J connectivity index is 2.29. The zero-order chi connectivity index (χ0) is 11.7. The smallest absolute Gasteiger partial charge is 0.293 e. The van der Waals surface area contributed by atoms with Gasteiger partial charge >= 0.3 is 0 Å². The van der Waals surface area contributed by atoms with Gasteiger partial charge in [-0.2, -0.15) is 0 Å². The normalized spacial score (nSPS) is 18.6. The molecule has 0 atom stereocenters. The number of nitrogen functional groups attached to an aromatic ring is 1. The van der Waals surface area contributed by atoms with E-state index < -0.39 is 0 Å². The molecule has 2 rings (SSSR count). The van der Waals surface area contributed by atoms with Crippen LogP contribution >= 0.6 is 11.8 Å². The van der Waals surface area contributed by atoms with Crippen LogP contribution in [0.5, 0.6) is 0 Å². The van der Waals surface area contributed by atoms with Gasteiger partial charge in [0, 0.05) is 12.7 Å². The molecule has 1 heterocycles. The minimum Gasteiger partial charge on any atom is -0.399 e. The quantitative estimate of drug-likeness (QED) is 0.595. The van der Waals surface area contributed by atoms with Crippen molar-refractivity contribution in [3.05, 3.63) is 34.7 Å². The predicted molar refractivity (Wildman–Crippen MR) is 64.6 cm³/mol. The summed E-state index contributed by atoms with van der Waals surface area (Å²) in [5, 5.41) is -0.244. The molecule has 16 heavy (non-hydrogen) atoms. The second-order valence-electron chi connectivity index (χ2n) is 3.41. The summed E-state index contributed by atoms with van der Waals surface area (Å²) in [6, 6.07) is 7.11. The van der Waals surface area contributed by atoms with E-state index in [-0.39, 0.29) is 11.1 Å². The molecule has 0 aromatic heterocycles. The summed E-state index contributed by atoms with van der Waals surface area (Å²) in [6.07, 6.45) is 1.69. The first-order valence-corrected chi connectivity index (χ1v) is 5.46. The number of nitrogens with zero attached hydrogens (tertiary/aromatic N) is 1. The van der Waals surface area contributed by atoms with Crippen LogP contribution in [0.15, 0.2) is 29.2 Å². The van der Waals surface area contributed by atoms with Crippen molar-refractivity contribution in [1.29, 1.82) is 0 Å². The third kappa shape index (κ3) is 1.94. The first kappa shape index (κ1) is 10.8. The number of imide groups is 1. The molecule has 1 aliphatic heterocycles. The monoisotopic (exact) mass is 234 g/mol. The third-order valence-electron chi connectivity index (χ3n) is 2.22. The summed E-state index contributed by atoms with van der Waals surface area (Å²) in [5.41, 5.74) is 7.07. The largest absolute Gasteiger partial charge is 0.399 e. The van der Waals surface area contributed by atoms with Crippen molar-refractivity contribution in [3.8, 4) is 0 Å². The van der Waals surface area contributed by atoms with Crippen LogP contribution in [0.25, 0.3) is 6.08 Å². The van der Waals surface area contributed by atoms with Crippen molar-refractivity contribution < 1.29 is 9.59 Å². The van der Waals surface area contributed by atoms with Gasteiger partial charge in [-0.05, 0) is 35.5 Å². The molecule has 0 spiro atoms. The number of likely N-dealkylation sites (N-methyl/N-ethyl adjacent to an activating group) is 1. The van der Waals surface area contributed by atoms with Crippen molar-refractivity contribution in [2.24, 2.45) is 0 Å². The van der Waals surface area contributed by atoms with Crippen LogP contribution in [-0.4, -0.2) is 23.1 Å². The second kappa shape index (κ2) is 4.02. The lowest BCUT2D eigenvalue weighted by atomic mass is 10.2. The number of carbonyl (C=O) groups is 2. The lowest BCUT2D eigenvalue weighted by molar-refractivity contribution is -0.121. The second-order valence-corrected chi connectivity index (χ2v) is 4.40. The maximum Gasteiger partial charge on any atom is 0.293 e. The standard InChI is InChI=1S/C11H10N2O2S/c1-13-10(14)9(16-11(13)15)6-7-2-4-8(12)5-3-7/h2-6H,12H2,1H3/b9-6+. The molecule has 4 nitrogen and oxygen atoms in total. The van der Waals surface area contributed by atoms with Crippen LogP contribution in [0.1, 0.15) is 5.56 Å². The summed E-state index contributed by atoms with van der Waals surface area (Å²) < 4.78 is 0. The molecule has 1 saturated heterocycles. The molecule has 0 saturated carbocycles. The summed E-state index contributed by atoms with van der Waals surface area (Å²) in [7, 11) is 1.47. The van der Waals surface area contributed by atoms with E-state index in [0.29, 0.717) is 10.6 Å². The molecular formula is C11H10N2O2S. The fourth-order valence-corrected chi connectivity index (χ4v) is 2.12. The zero-order valence-electron chi connectivity index (χ0n) is 8.64. The predicted octanol–water partition coefficient (Wildman–Crippen LogP) is 1.93. The van der Waals surface area contributed by atoms with Crippen LogP contribution in [0.2, 0.25) is 0 Å². The molecule has 0 bridgehead atoms. The van der Waals surface area contributed by atoms with Crippen molar-refractivity contribution in [1.82, 2.24) is 4.90 Å². The number of carbonyl (C=O) groups excluding carboxylic acids is 2. The molecular weight excluding hydrogens is 224 g/mol. The summed E-state index contributed by atoms with van der Waals surface area (Å²) in [5.74, 6) is -0.258. The summed E-state index contributed by atoms with van der Waals surface area (Å²) >= 11 is 0.948. The lowest BCUT2D eigenvalue weighted by Gasteiger charge is -2.01. The highest BCUT2D eigenvalue weighted by molar-refractivity contribution is 8.18. The van der Waals surface area contributed by atoms with E-state index in [4.69, 9.17) is 5.73 Å². The van der Waals surface area contributed by atoms with Gasteiger partial charge < -0.3 is 5.73 Å². The molecule has 0 aliphatic carbocycles. The topological polar surface area (TPSA) is 63.4 Å². The Morgan fingerprint density at radius 3 is 2.38 bits per heavy atom. The van der Waals surface area contributed by atoms with Gasteiger partial charge in [0.15, 0.2) is 0 Å². The van der Waals surface area contributed by atoms with Crippen molar-refractivity contribution in [2.45, 2.75) is 0 Å². The van der Waals surface area contributed by atoms with E-state index in [0.717, 1.165) is 22.2 Å². The Morgan fingerprint density at radius 2 is 1.88 bits per heavy atom. The van der Waals surface area contributed by atoms with E-state index in [1.165, 1.54) is 7.05 Å². The van der Waals surface area contributed by atoms with Crippen LogP contribution in [0.3, 0.4) is 0 Å². The number of anilines is 1. The minimum absolute atomic E-state index is 0.244. The van der Waals surface area contributed by atoms with Gasteiger partial charge in [-0.25, -0.2) is 0 Å². The van der Waals surface area contributed by atoms with Gasteiger partial charge in [-0.15, -0.1) is 0 Å². The highest BCUT2D eigenvalue weighted by Crippen LogP contribution is 2.30. The fourth-order valence-electron chi connectivity index (χ4n) is 1.29. The number of amides is 2. The van der Waals surface area contributed by atoms with E-state index in [1.807, 2.05) is 0 Å². The number of benzene rings is 1. The van der Waals surface area contributed by atoms with Crippen LogP contribution < -0.4 is 5.73 Å². The number of hydrogen-bond donors (Lipinski definition) is 1. The maximum atomic E-state index is 11.6. The summed E-state index contributed by atoms with van der Waals surface area (Å²) in [6.45, 7) is 0. The molecule has 1 fully saturated rings. The molecule has 5 heteroatoms. The van der Waals surface area contributed by atoms with E-state index >= 15 is 0 Å². The molecule has 2 amide bonds. The van der Waals surface area contributed by atoms with Gasteiger partial charge in [0.25, 0.3) is 11.1 Å². The van der Waals surface area contributed by atoms with Gasteiger partial charge in [0.1, 0.15) is 0 Å². The Kier molecular flexibility index (Phi) is 2.70. The number of rotatable bonds is 1. The first-order chi connectivity index (χ1) is 7.58. The van der Waals surface area contributed by atoms with E-state index in [2.05, 4.69) is 0 Å².